The summed E-state index contributed by atoms with van der Waals surface area (Å²) in [4.78, 5) is 11.6. The van der Waals surface area contributed by atoms with E-state index in [1.54, 1.807) is 6.33 Å². The fraction of sp³-hybridized carbons (Fsp3) is 0.267. The van der Waals surface area contributed by atoms with Gasteiger partial charge in [0.2, 0.25) is 5.91 Å². The van der Waals surface area contributed by atoms with Crippen LogP contribution in [0, 0.1) is 26.2 Å². The highest BCUT2D eigenvalue weighted by Crippen LogP contribution is 2.22. The first-order valence-corrected chi connectivity index (χ1v) is 7.41. The Labute approximate surface area is 128 Å². The molecule has 0 unspecified atom stereocenters. The summed E-state index contributed by atoms with van der Waals surface area (Å²) in [5.41, 5.74) is 3.35. The van der Waals surface area contributed by atoms with Crippen LogP contribution in [0.4, 0.5) is 0 Å². The normalized spacial score (nSPS) is 10.1. The smallest absolute Gasteiger partial charge is 0.231 e. The molecule has 6 heteroatoms. The van der Waals surface area contributed by atoms with Gasteiger partial charge in [-0.05, 0) is 25.5 Å². The number of rotatable bonds is 5. The molecule has 108 valence electrons. The van der Waals surface area contributed by atoms with Gasteiger partial charge in [-0.2, -0.15) is 0 Å². The second-order valence-corrected chi connectivity index (χ2v) is 5.49. The van der Waals surface area contributed by atoms with Gasteiger partial charge in [-0.3, -0.25) is 9.36 Å². The van der Waals surface area contributed by atoms with Crippen molar-refractivity contribution < 1.29 is 4.79 Å². The summed E-state index contributed by atoms with van der Waals surface area (Å²) >= 11 is 1.33. The Kier molecular flexibility index (Phi) is 5.01. The molecule has 2 rings (SSSR count). The predicted octanol–water partition coefficient (Wildman–Crippen LogP) is 1.73. The van der Waals surface area contributed by atoms with Gasteiger partial charge < -0.3 is 5.32 Å². The van der Waals surface area contributed by atoms with E-state index in [2.05, 4.69) is 34.4 Å². The summed E-state index contributed by atoms with van der Waals surface area (Å²) in [6.07, 6.45) is 6.75. The molecule has 1 aromatic heterocycles. The minimum Gasteiger partial charge on any atom is -0.344 e. The van der Waals surface area contributed by atoms with Gasteiger partial charge in [-0.15, -0.1) is 16.6 Å². The van der Waals surface area contributed by atoms with E-state index in [-0.39, 0.29) is 18.2 Å². The monoisotopic (exact) mass is 300 g/mol. The Hall–Kier alpha value is -2.26. The molecule has 0 bridgehead atoms. The Morgan fingerprint density at radius 2 is 2.29 bits per heavy atom. The minimum atomic E-state index is -0.117. The lowest BCUT2D eigenvalue weighted by Crippen LogP contribution is -2.25. The average Bonchev–Trinajstić information content (AvgIpc) is 2.91. The van der Waals surface area contributed by atoms with E-state index in [0.29, 0.717) is 5.16 Å². The molecule has 2 aromatic rings. The molecule has 0 aliphatic rings. The van der Waals surface area contributed by atoms with Crippen molar-refractivity contribution >= 4 is 17.7 Å². The van der Waals surface area contributed by atoms with Crippen molar-refractivity contribution in [2.24, 2.45) is 0 Å². The molecule has 0 saturated carbocycles. The predicted molar refractivity (Wildman–Crippen MR) is 83.4 cm³/mol. The topological polar surface area (TPSA) is 59.8 Å². The summed E-state index contributed by atoms with van der Waals surface area (Å²) in [6, 6.07) is 6.16. The van der Waals surface area contributed by atoms with Crippen molar-refractivity contribution in [1.82, 2.24) is 20.1 Å². The van der Waals surface area contributed by atoms with Crippen LogP contribution in [0.1, 0.15) is 11.1 Å². The number of nitrogens with one attached hydrogen (secondary N) is 1. The van der Waals surface area contributed by atoms with Crippen molar-refractivity contribution in [3.63, 3.8) is 0 Å². The molecule has 0 aliphatic heterocycles. The van der Waals surface area contributed by atoms with E-state index in [9.17, 15) is 4.79 Å². The zero-order valence-corrected chi connectivity index (χ0v) is 12.8. The first-order valence-electron chi connectivity index (χ1n) is 6.42. The van der Waals surface area contributed by atoms with Crippen LogP contribution in [0.15, 0.2) is 29.7 Å². The highest BCUT2D eigenvalue weighted by atomic mass is 32.2. The van der Waals surface area contributed by atoms with E-state index in [1.807, 2.05) is 23.6 Å². The molecule has 0 atom stereocenters. The van der Waals surface area contributed by atoms with Crippen LogP contribution in [-0.4, -0.2) is 33.0 Å². The molecule has 0 radical (unpaired) electrons. The van der Waals surface area contributed by atoms with Gasteiger partial charge in [0.25, 0.3) is 0 Å². The zero-order valence-electron chi connectivity index (χ0n) is 12.0. The maximum absolute atomic E-state index is 11.6. The van der Waals surface area contributed by atoms with Crippen molar-refractivity contribution in [2.75, 3.05) is 12.3 Å². The van der Waals surface area contributed by atoms with Crippen LogP contribution in [0.5, 0.6) is 0 Å². The van der Waals surface area contributed by atoms with Crippen molar-refractivity contribution in [3.8, 4) is 18.0 Å². The molecule has 0 spiro atoms. The number of amides is 1. The standard InChI is InChI=1S/C15H16N4OS/c1-4-7-16-14(20)9-21-15-18-17-10-19(15)13-6-5-11(2)8-12(13)3/h1,5-6,8,10H,7,9H2,2-3H3,(H,16,20). The molecule has 1 N–H and O–H groups in total. The number of thioether (sulfide) groups is 1. The number of carbonyl (C=O) groups is 1. The molecule has 1 amide bonds. The summed E-state index contributed by atoms with van der Waals surface area (Å²) in [6.45, 7) is 4.33. The SMILES string of the molecule is C#CCNC(=O)CSc1nncn1-c1ccc(C)cc1C. The molecular weight excluding hydrogens is 284 g/mol. The van der Waals surface area contributed by atoms with E-state index in [1.165, 1.54) is 17.3 Å². The highest BCUT2D eigenvalue weighted by molar-refractivity contribution is 7.99. The van der Waals surface area contributed by atoms with E-state index in [4.69, 9.17) is 6.42 Å². The third kappa shape index (κ3) is 3.86. The van der Waals surface area contributed by atoms with Gasteiger partial charge in [0, 0.05) is 0 Å². The third-order valence-electron chi connectivity index (χ3n) is 2.85. The first-order chi connectivity index (χ1) is 10.1. The van der Waals surface area contributed by atoms with E-state index < -0.39 is 0 Å². The summed E-state index contributed by atoms with van der Waals surface area (Å²) in [7, 11) is 0. The maximum atomic E-state index is 11.6. The quantitative estimate of drug-likeness (QED) is 0.675. The Bertz CT molecular complexity index is 687. The largest absolute Gasteiger partial charge is 0.344 e. The van der Waals surface area contributed by atoms with Crippen LogP contribution in [0.25, 0.3) is 5.69 Å². The molecule has 21 heavy (non-hydrogen) atoms. The molecular formula is C15H16N4OS. The molecule has 1 aromatic carbocycles. The molecule has 1 heterocycles. The lowest BCUT2D eigenvalue weighted by molar-refractivity contribution is -0.118. The number of hydrogen-bond acceptors (Lipinski definition) is 4. The van der Waals surface area contributed by atoms with Crippen LogP contribution >= 0.6 is 11.8 Å². The van der Waals surface area contributed by atoms with Crippen LogP contribution in [-0.2, 0) is 4.79 Å². The van der Waals surface area contributed by atoms with Gasteiger partial charge >= 0.3 is 0 Å². The maximum Gasteiger partial charge on any atom is 0.231 e. The number of terminal acetylenes is 1. The second-order valence-electron chi connectivity index (χ2n) is 4.54. The van der Waals surface area contributed by atoms with Gasteiger partial charge in [0.05, 0.1) is 18.0 Å². The number of nitrogens with zero attached hydrogens (tertiary/aromatic N) is 3. The Morgan fingerprint density at radius 1 is 1.48 bits per heavy atom. The third-order valence-corrected chi connectivity index (χ3v) is 3.79. The lowest BCUT2D eigenvalue weighted by Gasteiger charge is -2.10. The van der Waals surface area contributed by atoms with Crippen molar-refractivity contribution in [2.45, 2.75) is 19.0 Å². The number of aryl methyl sites for hydroxylation is 2. The minimum absolute atomic E-state index is 0.117. The molecule has 0 saturated heterocycles. The van der Waals surface area contributed by atoms with Crippen molar-refractivity contribution in [1.29, 1.82) is 0 Å². The number of hydrogen-bond donors (Lipinski definition) is 1. The fourth-order valence-corrected chi connectivity index (χ4v) is 2.65. The van der Waals surface area contributed by atoms with Gasteiger partial charge in [0.15, 0.2) is 5.16 Å². The van der Waals surface area contributed by atoms with Gasteiger partial charge in [-0.25, -0.2) is 0 Å². The number of aromatic nitrogens is 3. The Balaban J connectivity index is 2.12. The van der Waals surface area contributed by atoms with Crippen LogP contribution in [0.2, 0.25) is 0 Å². The molecule has 0 fully saturated rings. The lowest BCUT2D eigenvalue weighted by atomic mass is 10.1. The van der Waals surface area contributed by atoms with E-state index in [0.717, 1.165) is 11.3 Å². The number of benzene rings is 1. The fourth-order valence-electron chi connectivity index (χ4n) is 1.89. The average molecular weight is 300 g/mol. The van der Waals surface area contributed by atoms with Gasteiger partial charge in [0.1, 0.15) is 6.33 Å². The van der Waals surface area contributed by atoms with Crippen LogP contribution < -0.4 is 5.32 Å². The second kappa shape index (κ2) is 6.95. The number of carbonyl (C=O) groups excluding carboxylic acids is 1. The van der Waals surface area contributed by atoms with Crippen LogP contribution in [0.3, 0.4) is 0 Å². The highest BCUT2D eigenvalue weighted by Gasteiger charge is 2.11. The zero-order chi connectivity index (χ0) is 15.2. The molecule has 0 aliphatic carbocycles. The van der Waals surface area contributed by atoms with Gasteiger partial charge in [-0.1, -0.05) is 35.4 Å². The summed E-state index contributed by atoms with van der Waals surface area (Å²) < 4.78 is 1.88. The van der Waals surface area contributed by atoms with Crippen molar-refractivity contribution in [3.05, 3.63) is 35.7 Å². The summed E-state index contributed by atoms with van der Waals surface area (Å²) in [5, 5.41) is 11.3. The molecule has 5 nitrogen and oxygen atoms in total. The first kappa shape index (κ1) is 15.1. The summed E-state index contributed by atoms with van der Waals surface area (Å²) in [5.74, 6) is 2.51. The Morgan fingerprint density at radius 3 is 3.00 bits per heavy atom. The van der Waals surface area contributed by atoms with E-state index >= 15 is 0 Å².